The van der Waals surface area contributed by atoms with Crippen LogP contribution < -0.4 is 16.1 Å². The summed E-state index contributed by atoms with van der Waals surface area (Å²) in [6, 6.07) is 1.59. The molecule has 0 aliphatic rings. The number of urea groups is 1. The van der Waals surface area contributed by atoms with Gasteiger partial charge in [0.2, 0.25) is 5.43 Å². The molecule has 16 heteroatoms. The Morgan fingerprint density at radius 2 is 1.83 bits per heavy atom. The summed E-state index contributed by atoms with van der Waals surface area (Å²) in [6.07, 6.45) is -0.869. The number of carboxylic acids is 1. The van der Waals surface area contributed by atoms with E-state index in [4.69, 9.17) is 9.47 Å². The van der Waals surface area contributed by atoms with Crippen LogP contribution in [0, 0.1) is 0 Å². The van der Waals surface area contributed by atoms with Crippen LogP contribution in [0.15, 0.2) is 40.9 Å². The molecule has 4 rings (SSSR count). The van der Waals surface area contributed by atoms with E-state index in [9.17, 15) is 32.7 Å². The first-order chi connectivity index (χ1) is 20.0. The van der Waals surface area contributed by atoms with Crippen LogP contribution in [0.25, 0.3) is 32.7 Å². The fourth-order valence-electron chi connectivity index (χ4n) is 4.20. The molecule has 222 valence electrons. The van der Waals surface area contributed by atoms with Gasteiger partial charge < -0.3 is 24.5 Å². The van der Waals surface area contributed by atoms with Crippen molar-refractivity contribution in [3.05, 3.63) is 57.6 Å². The minimum absolute atomic E-state index is 0.0114. The zero-order chi connectivity index (χ0) is 30.6. The van der Waals surface area contributed by atoms with Crippen molar-refractivity contribution in [2.75, 3.05) is 39.3 Å². The molecule has 0 saturated carbocycles. The lowest BCUT2D eigenvalue weighted by molar-refractivity contribution is -0.140. The summed E-state index contributed by atoms with van der Waals surface area (Å²) in [5.74, 6) is -1.42. The summed E-state index contributed by atoms with van der Waals surface area (Å²) in [7, 11) is 2.92. The van der Waals surface area contributed by atoms with E-state index in [0.29, 0.717) is 6.54 Å². The monoisotopic (exact) mass is 606 g/mol. The van der Waals surface area contributed by atoms with Gasteiger partial charge in [-0.05, 0) is 19.1 Å². The first kappa shape index (κ1) is 30.5. The van der Waals surface area contributed by atoms with Crippen molar-refractivity contribution < 1.29 is 37.3 Å². The third-order valence-corrected chi connectivity index (χ3v) is 6.92. The van der Waals surface area contributed by atoms with Crippen LogP contribution in [-0.2, 0) is 15.7 Å². The van der Waals surface area contributed by atoms with Gasteiger partial charge in [0.15, 0.2) is 5.69 Å². The van der Waals surface area contributed by atoms with Crippen molar-refractivity contribution in [1.29, 1.82) is 0 Å². The van der Waals surface area contributed by atoms with E-state index in [-0.39, 0.29) is 51.8 Å². The Labute approximate surface area is 240 Å². The number of thiazole rings is 1. The van der Waals surface area contributed by atoms with Gasteiger partial charge in [0.25, 0.3) is 0 Å². The van der Waals surface area contributed by atoms with E-state index in [1.165, 1.54) is 49.5 Å². The third kappa shape index (κ3) is 6.40. The molecule has 0 aromatic carbocycles. The van der Waals surface area contributed by atoms with Crippen LogP contribution in [0.4, 0.5) is 23.8 Å². The highest BCUT2D eigenvalue weighted by atomic mass is 32.1. The molecule has 0 aliphatic heterocycles. The number of rotatable bonds is 10. The van der Waals surface area contributed by atoms with Gasteiger partial charge in [-0.25, -0.2) is 19.6 Å². The van der Waals surface area contributed by atoms with Crippen LogP contribution in [0.1, 0.15) is 29.0 Å². The van der Waals surface area contributed by atoms with E-state index in [1.807, 2.05) is 0 Å². The summed E-state index contributed by atoms with van der Waals surface area (Å²) < 4.78 is 52.1. The topological polar surface area (TPSA) is 158 Å². The molecule has 0 aliphatic carbocycles. The molecular formula is C26H25F3N6O6S. The van der Waals surface area contributed by atoms with Gasteiger partial charge in [-0.2, -0.15) is 13.2 Å². The number of hydrogen-bond donors (Lipinski definition) is 3. The zero-order valence-corrected chi connectivity index (χ0v) is 23.3. The molecule has 4 aromatic rings. The Hall–Kier alpha value is -4.41. The molecule has 0 atom stereocenters. The molecule has 0 radical (unpaired) electrons. The Morgan fingerprint density at radius 1 is 1.12 bits per heavy atom. The summed E-state index contributed by atoms with van der Waals surface area (Å²) in [5.41, 5.74) is -1.67. The standard InChI is InChI=1S/C26H25F3N6O6S/c1-4-30-25(39)34-21-6-14(23-33-20(12-42-23)26(27,28)29)16(7-32-21)18-5-15-19(8-31-18)35(13(10-40-2)11-41-3)9-17(22(15)36)24(37)38/h5-9,12-13H,4,10-11H2,1-3H3,(H,37,38)(H2,30,32,34,39). The van der Waals surface area contributed by atoms with Gasteiger partial charge in [-0.1, -0.05) is 0 Å². The number of hydrogen-bond acceptors (Lipinski definition) is 9. The third-order valence-electron chi connectivity index (χ3n) is 6.04. The van der Waals surface area contributed by atoms with E-state index in [1.54, 1.807) is 6.92 Å². The number of nitrogens with one attached hydrogen (secondary N) is 2. The number of nitrogens with zero attached hydrogens (tertiary/aromatic N) is 4. The van der Waals surface area contributed by atoms with Crippen molar-refractivity contribution >= 4 is 40.1 Å². The normalized spacial score (nSPS) is 11.7. The molecular weight excluding hydrogens is 581 g/mol. The number of carbonyl (C=O) groups excluding carboxylic acids is 1. The highest BCUT2D eigenvalue weighted by Gasteiger charge is 2.34. The molecule has 0 spiro atoms. The predicted octanol–water partition coefficient (Wildman–Crippen LogP) is 4.27. The van der Waals surface area contributed by atoms with Crippen molar-refractivity contribution in [1.82, 2.24) is 24.8 Å². The maximum atomic E-state index is 13.4. The number of ether oxygens (including phenoxy) is 2. The van der Waals surface area contributed by atoms with Gasteiger partial charge in [-0.15, -0.1) is 11.3 Å². The Balaban J connectivity index is 1.94. The average Bonchev–Trinajstić information content (AvgIpc) is 3.44. The van der Waals surface area contributed by atoms with E-state index >= 15 is 0 Å². The number of pyridine rings is 3. The zero-order valence-electron chi connectivity index (χ0n) is 22.5. The van der Waals surface area contributed by atoms with E-state index in [0.717, 1.165) is 16.7 Å². The van der Waals surface area contributed by atoms with Crippen molar-refractivity contribution in [2.45, 2.75) is 19.1 Å². The molecule has 3 N–H and O–H groups in total. The number of aromatic nitrogens is 4. The van der Waals surface area contributed by atoms with Crippen LogP contribution >= 0.6 is 11.3 Å². The Morgan fingerprint density at radius 3 is 2.43 bits per heavy atom. The number of amides is 2. The van der Waals surface area contributed by atoms with Crippen LogP contribution in [0.3, 0.4) is 0 Å². The maximum absolute atomic E-state index is 13.4. The van der Waals surface area contributed by atoms with Gasteiger partial charge >= 0.3 is 18.2 Å². The number of aromatic carboxylic acids is 1. The lowest BCUT2D eigenvalue weighted by Crippen LogP contribution is -2.28. The SMILES string of the molecule is CCNC(=O)Nc1cc(-c2nc(C(F)(F)F)cs2)c(-c2cc3c(=O)c(C(=O)O)cn(C(COC)COC)c3cn2)cn1. The fraction of sp³-hybridized carbons (Fsp3) is 0.308. The number of fused-ring (bicyclic) bond motifs is 1. The smallest absolute Gasteiger partial charge is 0.434 e. The number of carbonyl (C=O) groups is 2. The highest BCUT2D eigenvalue weighted by molar-refractivity contribution is 7.13. The van der Waals surface area contributed by atoms with E-state index < -0.39 is 40.9 Å². The van der Waals surface area contributed by atoms with Crippen molar-refractivity contribution in [3.8, 4) is 21.8 Å². The molecule has 0 bridgehead atoms. The second kappa shape index (κ2) is 12.6. The fourth-order valence-corrected chi connectivity index (χ4v) is 5.05. The quantitative estimate of drug-likeness (QED) is 0.240. The van der Waals surface area contributed by atoms with Gasteiger partial charge in [0, 0.05) is 49.7 Å². The van der Waals surface area contributed by atoms with Gasteiger partial charge in [0.05, 0.1) is 42.0 Å². The summed E-state index contributed by atoms with van der Waals surface area (Å²) in [4.78, 5) is 49.7. The lowest BCUT2D eigenvalue weighted by atomic mass is 10.0. The molecule has 12 nitrogen and oxygen atoms in total. The van der Waals surface area contributed by atoms with Crippen LogP contribution in [0.2, 0.25) is 0 Å². The predicted molar refractivity (Wildman–Crippen MR) is 148 cm³/mol. The second-order valence-electron chi connectivity index (χ2n) is 8.87. The number of anilines is 1. The number of methoxy groups -OCH3 is 2. The largest absolute Gasteiger partial charge is 0.477 e. The molecule has 2 amide bonds. The van der Waals surface area contributed by atoms with Gasteiger partial charge in [0.1, 0.15) is 16.4 Å². The maximum Gasteiger partial charge on any atom is 0.434 e. The number of alkyl halides is 3. The van der Waals surface area contributed by atoms with Gasteiger partial charge in [-0.3, -0.25) is 15.1 Å². The molecule has 0 unspecified atom stereocenters. The van der Waals surface area contributed by atoms with Crippen LogP contribution in [0.5, 0.6) is 0 Å². The highest BCUT2D eigenvalue weighted by Crippen LogP contribution is 2.38. The summed E-state index contributed by atoms with van der Waals surface area (Å²) in [5, 5.41) is 15.6. The molecule has 4 heterocycles. The lowest BCUT2D eigenvalue weighted by Gasteiger charge is -2.22. The molecule has 0 fully saturated rings. The minimum atomic E-state index is -4.69. The van der Waals surface area contributed by atoms with Crippen molar-refractivity contribution in [3.63, 3.8) is 0 Å². The Bertz CT molecular complexity index is 1680. The first-order valence-electron chi connectivity index (χ1n) is 12.3. The minimum Gasteiger partial charge on any atom is -0.477 e. The first-order valence-corrected chi connectivity index (χ1v) is 13.2. The Kier molecular flexibility index (Phi) is 9.18. The van der Waals surface area contributed by atoms with E-state index in [2.05, 4.69) is 25.6 Å². The van der Waals surface area contributed by atoms with Crippen molar-refractivity contribution in [2.24, 2.45) is 0 Å². The number of carboxylic acid groups (broad SMARTS) is 1. The summed E-state index contributed by atoms with van der Waals surface area (Å²) in [6.45, 7) is 2.29. The average molecular weight is 607 g/mol. The number of halogens is 3. The summed E-state index contributed by atoms with van der Waals surface area (Å²) >= 11 is 0.720. The molecule has 42 heavy (non-hydrogen) atoms. The molecule has 0 saturated heterocycles. The molecule has 4 aromatic heterocycles. The second-order valence-corrected chi connectivity index (χ2v) is 9.73. The van der Waals surface area contributed by atoms with Crippen LogP contribution in [-0.4, -0.2) is 70.6 Å².